The van der Waals surface area contributed by atoms with E-state index in [1.54, 1.807) is 11.0 Å². The Labute approximate surface area is 169 Å². The molecule has 3 aromatic heterocycles. The van der Waals surface area contributed by atoms with Crippen molar-refractivity contribution in [2.75, 3.05) is 35.7 Å². The van der Waals surface area contributed by atoms with E-state index in [0.29, 0.717) is 34.0 Å². The van der Waals surface area contributed by atoms with Gasteiger partial charge in [0.05, 0.1) is 30.9 Å². The molecule has 0 saturated carbocycles. The average molecular weight is 420 g/mol. The third kappa shape index (κ3) is 4.09. The monoisotopic (exact) mass is 420 g/mol. The van der Waals surface area contributed by atoms with E-state index in [1.807, 2.05) is 0 Å². The summed E-state index contributed by atoms with van der Waals surface area (Å²) in [6, 6.07) is 2.25. The third-order valence-electron chi connectivity index (χ3n) is 4.85. The zero-order valence-electron chi connectivity index (χ0n) is 16.0. The van der Waals surface area contributed by atoms with Crippen molar-refractivity contribution in [2.24, 2.45) is 0 Å². The molecule has 4 heterocycles. The lowest BCUT2D eigenvalue weighted by Crippen LogP contribution is -2.39. The zero-order chi connectivity index (χ0) is 21.3. The summed E-state index contributed by atoms with van der Waals surface area (Å²) in [5.74, 6) is -2.39. The van der Waals surface area contributed by atoms with E-state index in [9.17, 15) is 18.0 Å². The van der Waals surface area contributed by atoms with Crippen molar-refractivity contribution >= 4 is 34.3 Å². The molecule has 0 aromatic carbocycles. The highest BCUT2D eigenvalue weighted by Crippen LogP contribution is 2.34. The van der Waals surface area contributed by atoms with E-state index >= 15 is 0 Å². The summed E-state index contributed by atoms with van der Waals surface area (Å²) < 4.78 is 45.6. The molecule has 0 unspecified atom stereocenters. The molecule has 3 N–H and O–H groups in total. The number of H-pyrrole nitrogens is 1. The third-order valence-corrected chi connectivity index (χ3v) is 4.85. The second kappa shape index (κ2) is 7.73. The first-order valence-corrected chi connectivity index (χ1v) is 9.22. The van der Waals surface area contributed by atoms with Gasteiger partial charge in [-0.3, -0.25) is 0 Å². The van der Waals surface area contributed by atoms with Gasteiger partial charge in [0.1, 0.15) is 11.5 Å². The molecular weight excluding hydrogens is 401 g/mol. The summed E-state index contributed by atoms with van der Waals surface area (Å²) in [5, 5.41) is 5.66. The highest BCUT2D eigenvalue weighted by Gasteiger charge is 2.35. The number of alkyl halides is 2. The maximum Gasteiger partial charge on any atom is 0.323 e. The summed E-state index contributed by atoms with van der Waals surface area (Å²) in [4.78, 5) is 25.1. The van der Waals surface area contributed by atoms with Crippen LogP contribution in [0.25, 0.3) is 11.0 Å². The lowest BCUT2D eigenvalue weighted by atomic mass is 10.1. The summed E-state index contributed by atoms with van der Waals surface area (Å²) in [6.45, 7) is 0.323. The van der Waals surface area contributed by atoms with Gasteiger partial charge >= 0.3 is 6.03 Å². The molecule has 30 heavy (non-hydrogen) atoms. The predicted molar refractivity (Wildman–Crippen MR) is 106 cm³/mol. The number of hydrogen-bond donors (Lipinski definition) is 3. The van der Waals surface area contributed by atoms with Gasteiger partial charge in [-0.1, -0.05) is 0 Å². The van der Waals surface area contributed by atoms with E-state index in [0.717, 1.165) is 6.20 Å². The highest BCUT2D eigenvalue weighted by atomic mass is 19.3. The van der Waals surface area contributed by atoms with Crippen LogP contribution >= 0.6 is 0 Å². The molecule has 11 heteroatoms. The maximum atomic E-state index is 13.4. The van der Waals surface area contributed by atoms with E-state index in [-0.39, 0.29) is 25.9 Å². The second-order valence-corrected chi connectivity index (χ2v) is 6.92. The fraction of sp³-hybridized carbons (Fsp3) is 0.316. The standard InChI is InChI=1S/C19H19F3N6O2/c1-30-15-7-12(9-25-17(15)28-4-2-19(21,22)3-5-28)26-18(29)27-14-10-24-16-13(14)6-11(20)8-23-16/h6-10H,2-5H2,1H3,(H,23,24)(H2,26,27,29). The molecule has 0 spiro atoms. The number of pyridine rings is 2. The molecule has 158 valence electrons. The normalized spacial score (nSPS) is 15.8. The van der Waals surface area contributed by atoms with Crippen LogP contribution in [0.2, 0.25) is 0 Å². The molecule has 3 aromatic rings. The zero-order valence-corrected chi connectivity index (χ0v) is 16.0. The number of rotatable bonds is 4. The molecule has 1 saturated heterocycles. The Kier molecular flexibility index (Phi) is 5.10. The van der Waals surface area contributed by atoms with Crippen molar-refractivity contribution in [2.45, 2.75) is 18.8 Å². The summed E-state index contributed by atoms with van der Waals surface area (Å²) in [5.41, 5.74) is 1.14. The fourth-order valence-electron chi connectivity index (χ4n) is 3.31. The van der Waals surface area contributed by atoms with E-state index in [4.69, 9.17) is 4.74 Å². The number of halogens is 3. The number of piperidine rings is 1. The fourth-order valence-corrected chi connectivity index (χ4v) is 3.31. The minimum absolute atomic E-state index is 0.161. The first-order chi connectivity index (χ1) is 14.3. The van der Waals surface area contributed by atoms with Crippen LogP contribution in [0.1, 0.15) is 12.8 Å². The number of aromatic nitrogens is 3. The number of amides is 2. The van der Waals surface area contributed by atoms with Crippen LogP contribution in [0.15, 0.2) is 30.7 Å². The quantitative estimate of drug-likeness (QED) is 0.593. The van der Waals surface area contributed by atoms with Crippen LogP contribution < -0.4 is 20.3 Å². The number of hydrogen-bond acceptors (Lipinski definition) is 5. The minimum Gasteiger partial charge on any atom is -0.493 e. The predicted octanol–water partition coefficient (Wildman–Crippen LogP) is 3.99. The maximum absolute atomic E-state index is 13.4. The Morgan fingerprint density at radius 1 is 1.20 bits per heavy atom. The molecule has 8 nitrogen and oxygen atoms in total. The molecule has 4 rings (SSSR count). The number of nitrogens with one attached hydrogen (secondary N) is 3. The number of urea groups is 1. The van der Waals surface area contributed by atoms with Crippen LogP contribution in [-0.4, -0.2) is 47.1 Å². The Bertz CT molecular complexity index is 1080. The SMILES string of the molecule is COc1cc(NC(=O)Nc2c[nH]c3ncc(F)cc23)cnc1N1CCC(F)(F)CC1. The van der Waals surface area contributed by atoms with Crippen molar-refractivity contribution in [1.82, 2.24) is 15.0 Å². The van der Waals surface area contributed by atoms with Gasteiger partial charge in [0, 0.05) is 43.6 Å². The number of nitrogens with zero attached hydrogens (tertiary/aromatic N) is 3. The molecule has 1 aliphatic heterocycles. The molecule has 2 amide bonds. The van der Waals surface area contributed by atoms with E-state index < -0.39 is 17.8 Å². The van der Waals surface area contributed by atoms with Crippen molar-refractivity contribution in [3.8, 4) is 5.75 Å². The van der Waals surface area contributed by atoms with Gasteiger partial charge in [-0.25, -0.2) is 27.9 Å². The van der Waals surface area contributed by atoms with Gasteiger partial charge in [-0.15, -0.1) is 0 Å². The van der Waals surface area contributed by atoms with Gasteiger partial charge in [0.15, 0.2) is 11.6 Å². The van der Waals surface area contributed by atoms with Crippen LogP contribution in [0.5, 0.6) is 5.75 Å². The molecule has 0 bridgehead atoms. The number of carbonyl (C=O) groups is 1. The molecule has 0 radical (unpaired) electrons. The van der Waals surface area contributed by atoms with Gasteiger partial charge in [0.25, 0.3) is 5.92 Å². The minimum atomic E-state index is -2.66. The molecular formula is C19H19F3N6O2. The van der Waals surface area contributed by atoms with Crippen LogP contribution in [0, 0.1) is 5.82 Å². The number of carbonyl (C=O) groups excluding carboxylic acids is 1. The van der Waals surface area contributed by atoms with E-state index in [1.165, 1.54) is 25.6 Å². The van der Waals surface area contributed by atoms with Crippen LogP contribution in [0.3, 0.4) is 0 Å². The van der Waals surface area contributed by atoms with Crippen LogP contribution in [0.4, 0.5) is 35.2 Å². The average Bonchev–Trinajstić information content (AvgIpc) is 3.10. The highest BCUT2D eigenvalue weighted by molar-refractivity contribution is 6.05. The summed E-state index contributed by atoms with van der Waals surface area (Å²) in [6.07, 6.45) is 3.50. The van der Waals surface area contributed by atoms with E-state index in [2.05, 4.69) is 25.6 Å². The number of ether oxygens (including phenoxy) is 1. The Morgan fingerprint density at radius 2 is 1.97 bits per heavy atom. The Morgan fingerprint density at radius 3 is 2.70 bits per heavy atom. The van der Waals surface area contributed by atoms with Gasteiger partial charge in [-0.2, -0.15) is 0 Å². The van der Waals surface area contributed by atoms with Gasteiger partial charge in [0.2, 0.25) is 0 Å². The van der Waals surface area contributed by atoms with Gasteiger partial charge < -0.3 is 25.3 Å². The number of methoxy groups -OCH3 is 1. The number of anilines is 3. The Balaban J connectivity index is 1.46. The first kappa shape index (κ1) is 19.8. The smallest absolute Gasteiger partial charge is 0.323 e. The molecule has 0 aliphatic carbocycles. The molecule has 1 aliphatic rings. The molecule has 1 fully saturated rings. The summed E-state index contributed by atoms with van der Waals surface area (Å²) >= 11 is 0. The van der Waals surface area contributed by atoms with Crippen molar-refractivity contribution in [1.29, 1.82) is 0 Å². The lowest BCUT2D eigenvalue weighted by molar-refractivity contribution is -0.0222. The van der Waals surface area contributed by atoms with Crippen molar-refractivity contribution < 1.29 is 22.7 Å². The summed E-state index contributed by atoms with van der Waals surface area (Å²) in [7, 11) is 1.44. The van der Waals surface area contributed by atoms with Crippen molar-refractivity contribution in [3.63, 3.8) is 0 Å². The number of aromatic amines is 1. The topological polar surface area (TPSA) is 95.2 Å². The second-order valence-electron chi connectivity index (χ2n) is 6.92. The number of fused-ring (bicyclic) bond motifs is 1. The first-order valence-electron chi connectivity index (χ1n) is 9.22. The van der Waals surface area contributed by atoms with Crippen molar-refractivity contribution in [3.05, 3.63) is 36.5 Å². The Hall–Kier alpha value is -3.50. The molecule has 0 atom stereocenters. The lowest BCUT2D eigenvalue weighted by Gasteiger charge is -2.33. The largest absolute Gasteiger partial charge is 0.493 e. The van der Waals surface area contributed by atoms with Gasteiger partial charge in [-0.05, 0) is 6.07 Å². The van der Waals surface area contributed by atoms with Crippen LogP contribution in [-0.2, 0) is 0 Å².